The first-order chi connectivity index (χ1) is 11.1. The molecule has 0 unspecified atom stereocenters. The number of benzene rings is 1. The zero-order valence-electron chi connectivity index (χ0n) is 14.1. The van der Waals surface area contributed by atoms with E-state index in [2.05, 4.69) is 52.0 Å². The van der Waals surface area contributed by atoms with Crippen LogP contribution in [0, 0.1) is 11.8 Å². The normalized spacial score (nSPS) is 28.6. The summed E-state index contributed by atoms with van der Waals surface area (Å²) in [4.78, 5) is 16.5. The summed E-state index contributed by atoms with van der Waals surface area (Å²) in [5.41, 5.74) is 1.38. The maximum atomic E-state index is 12.7. The summed E-state index contributed by atoms with van der Waals surface area (Å²) in [6.07, 6.45) is 4.55. The molecule has 4 heteroatoms. The number of hydrogen-bond donors (Lipinski definition) is 1. The van der Waals surface area contributed by atoms with Gasteiger partial charge in [0.1, 0.15) is 6.54 Å². The maximum Gasteiger partial charge on any atom is 0.226 e. The minimum Gasteiger partial charge on any atom is -0.342 e. The third kappa shape index (κ3) is 4.57. The van der Waals surface area contributed by atoms with E-state index < -0.39 is 0 Å². The van der Waals surface area contributed by atoms with Gasteiger partial charge < -0.3 is 9.80 Å². The lowest BCUT2D eigenvalue weighted by atomic mass is 9.92. The lowest BCUT2D eigenvalue weighted by Gasteiger charge is -2.36. The Morgan fingerprint density at radius 2 is 2.09 bits per heavy atom. The third-order valence-electron chi connectivity index (χ3n) is 5.35. The first-order valence-electron chi connectivity index (χ1n) is 8.98. The number of quaternary nitrogens is 1. The van der Waals surface area contributed by atoms with Gasteiger partial charge in [-0.05, 0) is 30.9 Å². The van der Waals surface area contributed by atoms with Crippen molar-refractivity contribution in [1.82, 2.24) is 4.90 Å². The van der Waals surface area contributed by atoms with Gasteiger partial charge in [0.05, 0.1) is 13.1 Å². The number of halogens is 1. The van der Waals surface area contributed by atoms with Crippen LogP contribution in [-0.2, 0) is 11.3 Å². The van der Waals surface area contributed by atoms with E-state index in [1.165, 1.54) is 18.4 Å². The molecule has 2 aliphatic heterocycles. The highest BCUT2D eigenvalue weighted by molar-refractivity contribution is 9.10. The van der Waals surface area contributed by atoms with Gasteiger partial charge >= 0.3 is 0 Å². The van der Waals surface area contributed by atoms with E-state index in [-0.39, 0.29) is 5.92 Å². The summed E-state index contributed by atoms with van der Waals surface area (Å²) in [5.74, 6) is 1.37. The van der Waals surface area contributed by atoms with Gasteiger partial charge in [-0.15, -0.1) is 0 Å². The van der Waals surface area contributed by atoms with Crippen molar-refractivity contribution in [3.8, 4) is 0 Å². The highest BCUT2D eigenvalue weighted by atomic mass is 79.9. The molecule has 126 valence electrons. The van der Waals surface area contributed by atoms with Gasteiger partial charge in [-0.2, -0.15) is 0 Å². The molecule has 2 fully saturated rings. The number of hydrogen-bond acceptors (Lipinski definition) is 1. The quantitative estimate of drug-likeness (QED) is 0.857. The molecule has 2 saturated heterocycles. The molecular formula is C19H28BrN2O+. The second-order valence-corrected chi connectivity index (χ2v) is 8.28. The first kappa shape index (κ1) is 17.0. The van der Waals surface area contributed by atoms with Gasteiger partial charge in [0.25, 0.3) is 0 Å². The van der Waals surface area contributed by atoms with E-state index in [1.54, 1.807) is 4.90 Å². The van der Waals surface area contributed by atoms with Crippen LogP contribution in [0.1, 0.15) is 38.2 Å². The monoisotopic (exact) mass is 379 g/mol. The summed E-state index contributed by atoms with van der Waals surface area (Å²) >= 11 is 3.55. The Labute approximate surface area is 148 Å². The number of likely N-dealkylation sites (tertiary alicyclic amines) is 2. The summed E-state index contributed by atoms with van der Waals surface area (Å²) in [6, 6.07) is 8.58. The van der Waals surface area contributed by atoms with Crippen molar-refractivity contribution in [2.45, 2.75) is 39.2 Å². The van der Waals surface area contributed by atoms with Gasteiger partial charge in [0, 0.05) is 41.9 Å². The van der Waals surface area contributed by atoms with Crippen molar-refractivity contribution < 1.29 is 9.69 Å². The van der Waals surface area contributed by atoms with Crippen LogP contribution in [0.25, 0.3) is 0 Å². The van der Waals surface area contributed by atoms with Crippen molar-refractivity contribution in [2.24, 2.45) is 11.8 Å². The number of nitrogens with zero attached hydrogens (tertiary/aromatic N) is 1. The van der Waals surface area contributed by atoms with E-state index in [1.807, 2.05) is 0 Å². The van der Waals surface area contributed by atoms with Gasteiger partial charge in [-0.3, -0.25) is 4.79 Å². The predicted octanol–water partition coefficient (Wildman–Crippen LogP) is 2.50. The largest absolute Gasteiger partial charge is 0.342 e. The van der Waals surface area contributed by atoms with Crippen LogP contribution >= 0.6 is 15.9 Å². The maximum absolute atomic E-state index is 12.7. The second-order valence-electron chi connectivity index (χ2n) is 7.36. The zero-order chi connectivity index (χ0) is 16.2. The number of rotatable bonds is 3. The molecule has 3 nitrogen and oxygen atoms in total. The fourth-order valence-corrected chi connectivity index (χ4v) is 4.48. The van der Waals surface area contributed by atoms with Gasteiger partial charge in [0.15, 0.2) is 0 Å². The number of nitrogens with one attached hydrogen (secondary N) is 1. The van der Waals surface area contributed by atoms with Crippen molar-refractivity contribution >= 4 is 21.8 Å². The van der Waals surface area contributed by atoms with Crippen LogP contribution in [0.3, 0.4) is 0 Å². The minimum atomic E-state index is 0.270. The number of amides is 1. The summed E-state index contributed by atoms with van der Waals surface area (Å²) in [6.45, 7) is 7.53. The van der Waals surface area contributed by atoms with Gasteiger partial charge in [0.2, 0.25) is 5.91 Å². The Morgan fingerprint density at radius 1 is 1.30 bits per heavy atom. The van der Waals surface area contributed by atoms with E-state index >= 15 is 0 Å². The van der Waals surface area contributed by atoms with E-state index in [0.29, 0.717) is 11.8 Å². The molecule has 1 N–H and O–H groups in total. The summed E-state index contributed by atoms with van der Waals surface area (Å²) in [5, 5.41) is 0. The zero-order valence-corrected chi connectivity index (χ0v) is 15.6. The van der Waals surface area contributed by atoms with Gasteiger partial charge in [-0.1, -0.05) is 35.0 Å². The summed E-state index contributed by atoms with van der Waals surface area (Å²) < 4.78 is 1.15. The third-order valence-corrected chi connectivity index (χ3v) is 5.85. The molecule has 1 amide bonds. The number of piperidine rings is 2. The van der Waals surface area contributed by atoms with Crippen LogP contribution < -0.4 is 4.90 Å². The van der Waals surface area contributed by atoms with Crippen LogP contribution in [0.2, 0.25) is 0 Å². The van der Waals surface area contributed by atoms with Crippen molar-refractivity contribution in [3.63, 3.8) is 0 Å². The Bertz CT molecular complexity index is 540. The van der Waals surface area contributed by atoms with Crippen LogP contribution in [0.4, 0.5) is 0 Å². The van der Waals surface area contributed by atoms with Crippen LogP contribution in [0.5, 0.6) is 0 Å². The predicted molar refractivity (Wildman–Crippen MR) is 96.2 cm³/mol. The van der Waals surface area contributed by atoms with Crippen LogP contribution in [-0.4, -0.2) is 37.0 Å². The average molecular weight is 380 g/mol. The molecule has 0 aliphatic carbocycles. The molecule has 0 radical (unpaired) electrons. The van der Waals surface area contributed by atoms with E-state index in [9.17, 15) is 4.79 Å². The topological polar surface area (TPSA) is 24.8 Å². The molecule has 1 aromatic carbocycles. The molecule has 1 aromatic rings. The Kier molecular flexibility index (Phi) is 5.76. The summed E-state index contributed by atoms with van der Waals surface area (Å²) in [7, 11) is 0. The second kappa shape index (κ2) is 7.80. The Morgan fingerprint density at radius 3 is 2.78 bits per heavy atom. The molecule has 0 saturated carbocycles. The van der Waals surface area contributed by atoms with E-state index in [0.717, 1.165) is 50.0 Å². The number of carbonyl (C=O) groups is 1. The molecule has 0 bridgehead atoms. The fraction of sp³-hybridized carbons (Fsp3) is 0.632. The lowest BCUT2D eigenvalue weighted by molar-refractivity contribution is -0.919. The van der Waals surface area contributed by atoms with E-state index in [4.69, 9.17) is 0 Å². The molecule has 2 aliphatic rings. The lowest BCUT2D eigenvalue weighted by Crippen LogP contribution is -3.11. The standard InChI is InChI=1S/C19H27BrN2O/c1-15-4-3-9-22(13-15)19(23)17-7-10-21(11-8-17)14-16-5-2-6-18(20)12-16/h2,5-6,12,15,17H,3-4,7-11,13-14H2,1H3/p+1/t15-/m0/s1. The van der Waals surface area contributed by atoms with Crippen molar-refractivity contribution in [1.29, 1.82) is 0 Å². The van der Waals surface area contributed by atoms with Crippen molar-refractivity contribution in [3.05, 3.63) is 34.3 Å². The van der Waals surface area contributed by atoms with Gasteiger partial charge in [-0.25, -0.2) is 0 Å². The first-order valence-corrected chi connectivity index (χ1v) is 9.78. The number of carbonyl (C=O) groups excluding carboxylic acids is 1. The molecule has 23 heavy (non-hydrogen) atoms. The molecule has 2 heterocycles. The van der Waals surface area contributed by atoms with Crippen LogP contribution in [0.15, 0.2) is 28.7 Å². The average Bonchev–Trinajstić information content (AvgIpc) is 2.55. The fourth-order valence-electron chi connectivity index (χ4n) is 4.03. The Hall–Kier alpha value is -0.870. The smallest absolute Gasteiger partial charge is 0.226 e. The molecule has 3 rings (SSSR count). The Balaban J connectivity index is 1.49. The minimum absolute atomic E-state index is 0.270. The molecule has 1 atom stereocenters. The molecule has 0 aromatic heterocycles. The SMILES string of the molecule is C[C@H]1CCCN(C(=O)C2CC[NH+](Cc3cccc(Br)c3)CC2)C1. The molecule has 0 spiro atoms. The highest BCUT2D eigenvalue weighted by Crippen LogP contribution is 2.21. The highest BCUT2D eigenvalue weighted by Gasteiger charge is 2.32. The molecular weight excluding hydrogens is 352 g/mol. The van der Waals surface area contributed by atoms with Crippen molar-refractivity contribution in [2.75, 3.05) is 26.2 Å².